The van der Waals surface area contributed by atoms with Gasteiger partial charge in [-0.1, -0.05) is 31.2 Å². The van der Waals surface area contributed by atoms with Gasteiger partial charge in [-0.2, -0.15) is 5.26 Å². The molecule has 2 rings (SSSR count). The average Bonchev–Trinajstić information content (AvgIpc) is 2.82. The molecule has 1 aromatic heterocycles. The van der Waals surface area contributed by atoms with Crippen LogP contribution >= 0.6 is 0 Å². The number of ether oxygens (including phenoxy) is 1. The lowest BCUT2D eigenvalue weighted by atomic mass is 10.0. The maximum absolute atomic E-state index is 9.00. The molecule has 0 saturated heterocycles. The van der Waals surface area contributed by atoms with Crippen LogP contribution in [-0.2, 0) is 11.3 Å². The van der Waals surface area contributed by atoms with E-state index in [2.05, 4.69) is 36.3 Å². The van der Waals surface area contributed by atoms with Crippen molar-refractivity contribution < 1.29 is 4.74 Å². The van der Waals surface area contributed by atoms with Gasteiger partial charge in [0.2, 0.25) is 0 Å². The first-order valence-electron chi connectivity index (χ1n) is 6.11. The Hall–Kier alpha value is -2.19. The number of nitrogens with zero attached hydrogens (tertiary/aromatic N) is 4. The van der Waals surface area contributed by atoms with Gasteiger partial charge in [0.15, 0.2) is 5.69 Å². The average molecular weight is 256 g/mol. The Morgan fingerprint density at radius 1 is 1.32 bits per heavy atom. The van der Waals surface area contributed by atoms with Crippen molar-refractivity contribution in [2.75, 3.05) is 7.11 Å². The first-order chi connectivity index (χ1) is 9.17. The minimum absolute atomic E-state index is 0.301. The Morgan fingerprint density at radius 3 is 2.53 bits per heavy atom. The van der Waals surface area contributed by atoms with Gasteiger partial charge in [-0.15, -0.1) is 5.10 Å². The van der Waals surface area contributed by atoms with E-state index in [4.69, 9.17) is 10.00 Å². The van der Waals surface area contributed by atoms with Crippen molar-refractivity contribution in [3.63, 3.8) is 0 Å². The van der Waals surface area contributed by atoms with Crippen molar-refractivity contribution in [1.82, 2.24) is 15.0 Å². The zero-order chi connectivity index (χ0) is 13.8. The summed E-state index contributed by atoms with van der Waals surface area (Å²) in [5, 5.41) is 16.9. The fourth-order valence-electron chi connectivity index (χ4n) is 1.86. The van der Waals surface area contributed by atoms with Gasteiger partial charge in [-0.05, 0) is 23.6 Å². The molecule has 1 aromatic carbocycles. The Bertz CT molecular complexity index is 593. The van der Waals surface area contributed by atoms with Crippen molar-refractivity contribution in [1.29, 1.82) is 5.26 Å². The number of benzene rings is 1. The van der Waals surface area contributed by atoms with Gasteiger partial charge in [0, 0.05) is 7.11 Å². The molecule has 0 radical (unpaired) electrons. The summed E-state index contributed by atoms with van der Waals surface area (Å²) in [6.45, 7) is 4.60. The van der Waals surface area contributed by atoms with Crippen molar-refractivity contribution >= 4 is 0 Å². The van der Waals surface area contributed by atoms with Gasteiger partial charge in [-0.3, -0.25) is 0 Å². The molecule has 0 aliphatic carbocycles. The smallest absolute Gasteiger partial charge is 0.188 e. The molecule has 0 amide bonds. The molecule has 1 heterocycles. The van der Waals surface area contributed by atoms with Gasteiger partial charge in [-0.25, -0.2) is 4.68 Å². The molecule has 5 heteroatoms. The van der Waals surface area contributed by atoms with Crippen molar-refractivity contribution in [2.45, 2.75) is 26.4 Å². The molecule has 5 nitrogen and oxygen atoms in total. The predicted octanol–water partition coefficient (Wildman–Crippen LogP) is 2.41. The Morgan fingerprint density at radius 2 is 2.00 bits per heavy atom. The highest BCUT2D eigenvalue weighted by molar-refractivity contribution is 5.38. The summed E-state index contributed by atoms with van der Waals surface area (Å²) in [6, 6.07) is 10.1. The van der Waals surface area contributed by atoms with Crippen LogP contribution in [-0.4, -0.2) is 22.1 Å². The van der Waals surface area contributed by atoms with Crippen LogP contribution in [0.5, 0.6) is 0 Å². The molecule has 0 saturated carbocycles. The lowest BCUT2D eigenvalue weighted by Gasteiger charge is -2.08. The van der Waals surface area contributed by atoms with Crippen LogP contribution in [0.2, 0.25) is 0 Å². The summed E-state index contributed by atoms with van der Waals surface area (Å²) in [6.07, 6.45) is 0. The van der Waals surface area contributed by atoms with Gasteiger partial charge >= 0.3 is 0 Å². The maximum atomic E-state index is 9.00. The number of aromatic nitrogens is 3. The number of rotatable bonds is 4. The zero-order valence-corrected chi connectivity index (χ0v) is 11.3. The summed E-state index contributed by atoms with van der Waals surface area (Å²) >= 11 is 0. The summed E-state index contributed by atoms with van der Waals surface area (Å²) in [5.41, 5.74) is 3.11. The van der Waals surface area contributed by atoms with Crippen LogP contribution < -0.4 is 0 Å². The quantitative estimate of drug-likeness (QED) is 0.842. The van der Waals surface area contributed by atoms with E-state index in [0.717, 1.165) is 5.69 Å². The van der Waals surface area contributed by atoms with E-state index in [1.807, 2.05) is 18.2 Å². The van der Waals surface area contributed by atoms with Gasteiger partial charge < -0.3 is 4.74 Å². The SMILES string of the molecule is COCc1c(C#N)nnn1-c1ccc(C(C)C)cc1. The number of methoxy groups -OCH3 is 1. The van der Waals surface area contributed by atoms with Crippen LogP contribution in [0.3, 0.4) is 0 Å². The third-order valence-corrected chi connectivity index (χ3v) is 2.95. The zero-order valence-electron chi connectivity index (χ0n) is 11.3. The summed E-state index contributed by atoms with van der Waals surface area (Å²) in [4.78, 5) is 0. The molecule has 19 heavy (non-hydrogen) atoms. The highest BCUT2D eigenvalue weighted by Gasteiger charge is 2.13. The van der Waals surface area contributed by atoms with Crippen molar-refractivity contribution in [3.8, 4) is 11.8 Å². The Kier molecular flexibility index (Phi) is 3.93. The Labute approximate surface area is 112 Å². The minimum Gasteiger partial charge on any atom is -0.378 e. The topological polar surface area (TPSA) is 63.7 Å². The van der Waals surface area contributed by atoms with Gasteiger partial charge in [0.05, 0.1) is 12.3 Å². The number of hydrogen-bond acceptors (Lipinski definition) is 4. The monoisotopic (exact) mass is 256 g/mol. The lowest BCUT2D eigenvalue weighted by molar-refractivity contribution is 0.179. The molecule has 0 aliphatic heterocycles. The molecule has 0 aliphatic rings. The van der Waals surface area contributed by atoms with E-state index < -0.39 is 0 Å². The Balaban J connectivity index is 2.41. The second kappa shape index (κ2) is 5.63. The standard InChI is InChI=1S/C14H16N4O/c1-10(2)11-4-6-12(7-5-11)18-14(9-19-3)13(8-15)16-17-18/h4-7,10H,9H2,1-3H3. The third kappa shape index (κ3) is 2.64. The summed E-state index contributed by atoms with van der Waals surface area (Å²) in [7, 11) is 1.58. The second-order valence-corrected chi connectivity index (χ2v) is 4.59. The summed E-state index contributed by atoms with van der Waals surface area (Å²) in [5.74, 6) is 0.484. The first-order valence-corrected chi connectivity index (χ1v) is 6.11. The number of nitriles is 1. The number of hydrogen-bond donors (Lipinski definition) is 0. The largest absolute Gasteiger partial charge is 0.378 e. The molecular weight excluding hydrogens is 240 g/mol. The van der Waals surface area contributed by atoms with E-state index in [-0.39, 0.29) is 0 Å². The minimum atomic E-state index is 0.301. The van der Waals surface area contributed by atoms with Crippen LogP contribution in [0.4, 0.5) is 0 Å². The highest BCUT2D eigenvalue weighted by atomic mass is 16.5. The summed E-state index contributed by atoms with van der Waals surface area (Å²) < 4.78 is 6.75. The van der Waals surface area contributed by atoms with Crippen LogP contribution in [0, 0.1) is 11.3 Å². The maximum Gasteiger partial charge on any atom is 0.188 e. The molecule has 0 atom stereocenters. The lowest BCUT2D eigenvalue weighted by Crippen LogP contribution is -2.04. The molecular formula is C14H16N4O. The fraction of sp³-hybridized carbons (Fsp3) is 0.357. The molecule has 0 unspecified atom stereocenters. The van der Waals surface area contributed by atoms with Gasteiger partial charge in [0.25, 0.3) is 0 Å². The van der Waals surface area contributed by atoms with Gasteiger partial charge in [0.1, 0.15) is 11.8 Å². The second-order valence-electron chi connectivity index (χ2n) is 4.59. The van der Waals surface area contributed by atoms with E-state index >= 15 is 0 Å². The van der Waals surface area contributed by atoms with Crippen LogP contribution in [0.1, 0.15) is 36.7 Å². The first kappa shape index (κ1) is 13.2. The van der Waals surface area contributed by atoms with E-state index in [0.29, 0.717) is 23.9 Å². The molecule has 0 bridgehead atoms. The van der Waals surface area contributed by atoms with E-state index in [9.17, 15) is 0 Å². The van der Waals surface area contributed by atoms with Crippen molar-refractivity contribution in [3.05, 3.63) is 41.2 Å². The fourth-order valence-corrected chi connectivity index (χ4v) is 1.86. The molecule has 0 fully saturated rings. The van der Waals surface area contributed by atoms with Crippen LogP contribution in [0.25, 0.3) is 5.69 Å². The van der Waals surface area contributed by atoms with Crippen LogP contribution in [0.15, 0.2) is 24.3 Å². The van der Waals surface area contributed by atoms with E-state index in [1.54, 1.807) is 11.8 Å². The highest BCUT2D eigenvalue weighted by Crippen LogP contribution is 2.18. The normalized spacial score (nSPS) is 10.7. The predicted molar refractivity (Wildman–Crippen MR) is 70.9 cm³/mol. The third-order valence-electron chi connectivity index (χ3n) is 2.95. The molecule has 0 spiro atoms. The molecule has 2 aromatic rings. The van der Waals surface area contributed by atoms with Crippen molar-refractivity contribution in [2.24, 2.45) is 0 Å². The molecule has 0 N–H and O–H groups in total. The van der Waals surface area contributed by atoms with E-state index in [1.165, 1.54) is 5.56 Å². The molecule has 98 valence electrons.